The molecule has 0 aliphatic heterocycles. The maximum absolute atomic E-state index is 2.49. The van der Waals surface area contributed by atoms with Gasteiger partial charge in [-0.05, 0) is 142 Å². The van der Waals surface area contributed by atoms with Crippen molar-refractivity contribution >= 4 is 49.4 Å². The number of hydrogen-bond acceptors (Lipinski definition) is 1. The van der Waals surface area contributed by atoms with Crippen molar-refractivity contribution < 1.29 is 0 Å². The molecule has 0 aromatic heterocycles. The van der Waals surface area contributed by atoms with Crippen LogP contribution < -0.4 is 4.90 Å². The molecule has 2 aliphatic carbocycles. The van der Waals surface area contributed by atoms with E-state index < -0.39 is 5.41 Å². The fraction of sp³-hybridized carbons (Fsp3) is 0.0164. The summed E-state index contributed by atoms with van der Waals surface area (Å²) in [6.45, 7) is 0. The first-order chi connectivity index (χ1) is 30.8. The second-order valence-electron chi connectivity index (χ2n) is 16.8. The molecule has 0 saturated heterocycles. The van der Waals surface area contributed by atoms with Gasteiger partial charge in [0.1, 0.15) is 0 Å². The average Bonchev–Trinajstić information content (AvgIpc) is 3.82. The summed E-state index contributed by atoms with van der Waals surface area (Å²) in [7, 11) is 0. The van der Waals surface area contributed by atoms with Gasteiger partial charge >= 0.3 is 0 Å². The number of hydrogen-bond donors (Lipinski definition) is 0. The van der Waals surface area contributed by atoms with Gasteiger partial charge in [0.05, 0.1) is 5.41 Å². The highest BCUT2D eigenvalue weighted by Gasteiger charge is 2.51. The van der Waals surface area contributed by atoms with E-state index in [9.17, 15) is 0 Å². The van der Waals surface area contributed by atoms with Gasteiger partial charge in [-0.2, -0.15) is 0 Å². The molecule has 62 heavy (non-hydrogen) atoms. The van der Waals surface area contributed by atoms with E-state index in [1.165, 1.54) is 99.1 Å². The third-order valence-corrected chi connectivity index (χ3v) is 13.7. The van der Waals surface area contributed by atoms with E-state index in [1.54, 1.807) is 0 Å². The summed E-state index contributed by atoms with van der Waals surface area (Å²) in [5.74, 6) is 0. The molecule has 11 aromatic rings. The minimum absolute atomic E-state index is 0.392. The lowest BCUT2D eigenvalue weighted by molar-refractivity contribution is 0.794. The standard InChI is InChI=1S/C61H39N/c1-2-15-40(16-3-1)41-29-32-44(33-30-41)62(46-34-36-51-49-21-5-4-19-47(49)48-20-6-7-22-50(48)56(51)39-46)45-18-14-17-42(37-45)43-31-35-55-54-25-10-13-28-59(54)61(60(55)38-43)57-26-11-8-23-52(57)53-24-9-12-27-58(53)61/h1-39H. The summed E-state index contributed by atoms with van der Waals surface area (Å²) >= 11 is 0. The summed E-state index contributed by atoms with van der Waals surface area (Å²) in [5, 5.41) is 7.61. The number of rotatable bonds is 5. The van der Waals surface area contributed by atoms with E-state index in [0.29, 0.717) is 0 Å². The Kier molecular flexibility index (Phi) is 7.59. The molecule has 0 heterocycles. The molecule has 0 saturated carbocycles. The third kappa shape index (κ3) is 4.97. The molecule has 1 heteroatoms. The Morgan fingerprint density at radius 1 is 0.226 bits per heavy atom. The maximum atomic E-state index is 2.49. The Morgan fingerprint density at radius 3 is 1.26 bits per heavy atom. The average molecular weight is 786 g/mol. The number of anilines is 3. The monoisotopic (exact) mass is 785 g/mol. The highest BCUT2D eigenvalue weighted by Crippen LogP contribution is 2.63. The molecular weight excluding hydrogens is 747 g/mol. The predicted octanol–water partition coefficient (Wildman–Crippen LogP) is 16.3. The minimum Gasteiger partial charge on any atom is -0.310 e. The molecule has 2 aliphatic rings. The first-order valence-electron chi connectivity index (χ1n) is 21.6. The number of benzene rings is 11. The van der Waals surface area contributed by atoms with Crippen molar-refractivity contribution in [1.29, 1.82) is 0 Å². The molecule has 0 bridgehead atoms. The first-order valence-corrected chi connectivity index (χ1v) is 21.6. The van der Waals surface area contributed by atoms with Crippen LogP contribution in [0.5, 0.6) is 0 Å². The van der Waals surface area contributed by atoms with Crippen LogP contribution in [-0.4, -0.2) is 0 Å². The van der Waals surface area contributed by atoms with Gasteiger partial charge in [-0.25, -0.2) is 0 Å². The topological polar surface area (TPSA) is 3.24 Å². The Balaban J connectivity index is 1.00. The van der Waals surface area contributed by atoms with Gasteiger partial charge in [-0.15, -0.1) is 0 Å². The molecule has 1 nitrogen and oxygen atoms in total. The highest BCUT2D eigenvalue weighted by molar-refractivity contribution is 6.25. The van der Waals surface area contributed by atoms with Crippen molar-refractivity contribution in [3.8, 4) is 44.5 Å². The summed E-state index contributed by atoms with van der Waals surface area (Å²) in [6, 6.07) is 87.8. The zero-order valence-electron chi connectivity index (χ0n) is 34.0. The van der Waals surface area contributed by atoms with Gasteiger partial charge < -0.3 is 4.90 Å². The Bertz CT molecular complexity index is 3480. The molecular formula is C61H39N. The fourth-order valence-electron chi connectivity index (χ4n) is 11.0. The summed E-state index contributed by atoms with van der Waals surface area (Å²) in [4.78, 5) is 2.43. The molecule has 13 rings (SSSR count). The second kappa shape index (κ2) is 13.5. The minimum atomic E-state index is -0.392. The molecule has 11 aromatic carbocycles. The molecule has 0 radical (unpaired) electrons. The zero-order chi connectivity index (χ0) is 40.8. The molecule has 0 N–H and O–H groups in total. The van der Waals surface area contributed by atoms with Crippen molar-refractivity contribution in [3.05, 3.63) is 259 Å². The van der Waals surface area contributed by atoms with Crippen LogP contribution in [0.15, 0.2) is 237 Å². The zero-order valence-corrected chi connectivity index (χ0v) is 34.0. The van der Waals surface area contributed by atoms with Gasteiger partial charge in [0.25, 0.3) is 0 Å². The van der Waals surface area contributed by atoms with Crippen LogP contribution in [0.25, 0.3) is 76.8 Å². The Labute approximate surface area is 361 Å². The van der Waals surface area contributed by atoms with Crippen LogP contribution in [0, 0.1) is 0 Å². The largest absolute Gasteiger partial charge is 0.310 e. The quantitative estimate of drug-likeness (QED) is 0.157. The highest BCUT2D eigenvalue weighted by atomic mass is 15.1. The van der Waals surface area contributed by atoms with Crippen LogP contribution >= 0.6 is 0 Å². The van der Waals surface area contributed by atoms with E-state index in [2.05, 4.69) is 241 Å². The van der Waals surface area contributed by atoms with Crippen LogP contribution in [0.1, 0.15) is 22.3 Å². The second-order valence-corrected chi connectivity index (χ2v) is 16.8. The lowest BCUT2D eigenvalue weighted by Gasteiger charge is -2.30. The molecule has 0 fully saturated rings. The fourth-order valence-corrected chi connectivity index (χ4v) is 11.0. The molecule has 0 amide bonds. The van der Waals surface area contributed by atoms with E-state index >= 15 is 0 Å². The predicted molar refractivity (Wildman–Crippen MR) is 261 cm³/mol. The van der Waals surface area contributed by atoms with Crippen LogP contribution in [-0.2, 0) is 5.41 Å². The van der Waals surface area contributed by atoms with Gasteiger partial charge in [0.2, 0.25) is 0 Å². The maximum Gasteiger partial charge on any atom is 0.0725 e. The number of fused-ring (bicyclic) bond motifs is 16. The third-order valence-electron chi connectivity index (χ3n) is 13.7. The van der Waals surface area contributed by atoms with Crippen molar-refractivity contribution in [3.63, 3.8) is 0 Å². The smallest absolute Gasteiger partial charge is 0.0725 e. The Hall–Kier alpha value is -8.00. The molecule has 0 atom stereocenters. The first kappa shape index (κ1) is 34.8. The van der Waals surface area contributed by atoms with Crippen LogP contribution in [0.2, 0.25) is 0 Å². The SMILES string of the molecule is c1ccc(-c2ccc(N(c3cccc(-c4ccc5c(c4)C4(c6ccccc6-c6ccccc64)c4ccccc4-5)c3)c3ccc4c5ccccc5c5ccccc5c4c3)cc2)cc1. The van der Waals surface area contributed by atoms with Gasteiger partial charge in [-0.3, -0.25) is 0 Å². The number of nitrogens with zero attached hydrogens (tertiary/aromatic N) is 1. The van der Waals surface area contributed by atoms with Crippen LogP contribution in [0.4, 0.5) is 17.1 Å². The van der Waals surface area contributed by atoms with Crippen molar-refractivity contribution in [2.24, 2.45) is 0 Å². The van der Waals surface area contributed by atoms with Gasteiger partial charge in [0, 0.05) is 17.1 Å². The summed E-state index contributed by atoms with van der Waals surface area (Å²) in [6.07, 6.45) is 0. The van der Waals surface area contributed by atoms with E-state index in [1.807, 2.05) is 0 Å². The normalized spacial score (nSPS) is 13.0. The van der Waals surface area contributed by atoms with Crippen molar-refractivity contribution in [2.45, 2.75) is 5.41 Å². The molecule has 288 valence electrons. The summed E-state index contributed by atoms with van der Waals surface area (Å²) in [5.41, 5.74) is 18.4. The van der Waals surface area contributed by atoms with E-state index in [4.69, 9.17) is 0 Å². The van der Waals surface area contributed by atoms with Crippen molar-refractivity contribution in [1.82, 2.24) is 0 Å². The van der Waals surface area contributed by atoms with Crippen LogP contribution in [0.3, 0.4) is 0 Å². The van der Waals surface area contributed by atoms with E-state index in [-0.39, 0.29) is 0 Å². The Morgan fingerprint density at radius 2 is 0.645 bits per heavy atom. The van der Waals surface area contributed by atoms with Gasteiger partial charge in [-0.1, -0.05) is 194 Å². The van der Waals surface area contributed by atoms with Crippen molar-refractivity contribution in [2.75, 3.05) is 4.90 Å². The lowest BCUT2D eigenvalue weighted by Crippen LogP contribution is -2.25. The van der Waals surface area contributed by atoms with Gasteiger partial charge in [0.15, 0.2) is 0 Å². The van der Waals surface area contributed by atoms with E-state index in [0.717, 1.165) is 17.1 Å². The summed E-state index contributed by atoms with van der Waals surface area (Å²) < 4.78 is 0. The molecule has 1 spiro atoms. The molecule has 0 unspecified atom stereocenters. The lowest BCUT2D eigenvalue weighted by atomic mass is 9.70.